The zero-order valence-corrected chi connectivity index (χ0v) is 16.4. The zero-order chi connectivity index (χ0) is 17.6. The fourth-order valence-corrected chi connectivity index (χ4v) is 2.72. The molecule has 5 nitrogen and oxygen atoms in total. The molecule has 22 heavy (non-hydrogen) atoms. The summed E-state index contributed by atoms with van der Waals surface area (Å²) in [6.45, 7) is 15.2. The Bertz CT molecular complexity index is 375. The molecule has 0 spiro atoms. The van der Waals surface area contributed by atoms with Gasteiger partial charge in [-0.2, -0.15) is 0 Å². The fraction of sp³-hybridized carbons (Fsp3) is 0.875. The number of carbonyl (C=O) groups is 2. The predicted octanol–water partition coefficient (Wildman–Crippen LogP) is 3.10. The number of carbonyl (C=O) groups excluding carboxylic acids is 2. The number of esters is 1. The van der Waals surface area contributed by atoms with E-state index >= 15 is 0 Å². The number of hydrogen-bond acceptors (Lipinski definition) is 4. The molecule has 0 aliphatic carbocycles. The molecule has 1 atom stereocenters. The van der Waals surface area contributed by atoms with Crippen molar-refractivity contribution in [3.8, 4) is 0 Å². The molecule has 0 saturated carbocycles. The van der Waals surface area contributed by atoms with Crippen molar-refractivity contribution in [3.05, 3.63) is 0 Å². The third-order valence-electron chi connectivity index (χ3n) is 4.09. The van der Waals surface area contributed by atoms with Gasteiger partial charge in [0.2, 0.25) is 5.91 Å². The van der Waals surface area contributed by atoms with Gasteiger partial charge in [0.25, 0.3) is 0 Å². The number of hydrogen-bond donors (Lipinski definition) is 1. The number of rotatable bonds is 8. The highest BCUT2D eigenvalue weighted by atomic mass is 28.4. The van der Waals surface area contributed by atoms with E-state index in [4.69, 9.17) is 9.16 Å². The standard InChI is InChI=1S/C16H33NO4Si/c1-12(2)11-14(18)17-13(15(19)20-6)9-10-21-22(7,8)16(3,4)5/h12-13H,9-11H2,1-8H3,(H,17,18)/t13-/m1/s1. The highest BCUT2D eigenvalue weighted by Gasteiger charge is 2.37. The summed E-state index contributed by atoms with van der Waals surface area (Å²) >= 11 is 0. The monoisotopic (exact) mass is 331 g/mol. The van der Waals surface area contributed by atoms with Crippen molar-refractivity contribution < 1.29 is 18.8 Å². The molecule has 0 aromatic heterocycles. The van der Waals surface area contributed by atoms with Crippen LogP contribution in [0.4, 0.5) is 0 Å². The minimum absolute atomic E-state index is 0.120. The summed E-state index contributed by atoms with van der Waals surface area (Å²) < 4.78 is 10.8. The maximum Gasteiger partial charge on any atom is 0.328 e. The first kappa shape index (κ1) is 21.1. The zero-order valence-electron chi connectivity index (χ0n) is 15.4. The number of amides is 1. The van der Waals surface area contributed by atoms with E-state index in [9.17, 15) is 9.59 Å². The van der Waals surface area contributed by atoms with Crippen molar-refractivity contribution in [2.45, 2.75) is 71.6 Å². The van der Waals surface area contributed by atoms with Crippen molar-refractivity contribution in [3.63, 3.8) is 0 Å². The molecule has 1 N–H and O–H groups in total. The minimum atomic E-state index is -1.85. The van der Waals surface area contributed by atoms with Gasteiger partial charge in [-0.15, -0.1) is 0 Å². The summed E-state index contributed by atoms with van der Waals surface area (Å²) in [5, 5.41) is 2.87. The lowest BCUT2D eigenvalue weighted by Crippen LogP contribution is -2.45. The van der Waals surface area contributed by atoms with Gasteiger partial charge in [0, 0.05) is 19.4 Å². The van der Waals surface area contributed by atoms with E-state index in [1.807, 2.05) is 13.8 Å². The molecule has 0 aliphatic heterocycles. The quantitative estimate of drug-likeness (QED) is 0.548. The van der Waals surface area contributed by atoms with Crippen LogP contribution in [-0.4, -0.2) is 40.0 Å². The van der Waals surface area contributed by atoms with Crippen LogP contribution in [0.5, 0.6) is 0 Å². The molecular weight excluding hydrogens is 298 g/mol. The maximum atomic E-state index is 11.9. The van der Waals surface area contributed by atoms with Gasteiger partial charge in [0.05, 0.1) is 7.11 Å². The van der Waals surface area contributed by atoms with Gasteiger partial charge in [-0.3, -0.25) is 4.79 Å². The molecule has 0 aromatic rings. The molecule has 0 bridgehead atoms. The second-order valence-electron chi connectivity index (χ2n) is 7.64. The lowest BCUT2D eigenvalue weighted by atomic mass is 10.1. The second-order valence-corrected chi connectivity index (χ2v) is 12.4. The number of nitrogens with one attached hydrogen (secondary N) is 1. The molecule has 0 heterocycles. The van der Waals surface area contributed by atoms with E-state index in [2.05, 4.69) is 39.2 Å². The van der Waals surface area contributed by atoms with E-state index in [0.717, 1.165) is 0 Å². The third kappa shape index (κ3) is 7.40. The summed E-state index contributed by atoms with van der Waals surface area (Å²) in [7, 11) is -0.516. The summed E-state index contributed by atoms with van der Waals surface area (Å²) in [5.74, 6) is -0.296. The molecular formula is C16H33NO4Si. The number of methoxy groups -OCH3 is 1. The molecule has 0 fully saturated rings. The number of ether oxygens (including phenoxy) is 1. The molecule has 0 aromatic carbocycles. The van der Waals surface area contributed by atoms with Crippen LogP contribution in [-0.2, 0) is 18.8 Å². The van der Waals surface area contributed by atoms with Crippen LogP contribution in [0, 0.1) is 5.92 Å². The Morgan fingerprint density at radius 1 is 1.18 bits per heavy atom. The lowest BCUT2D eigenvalue weighted by molar-refractivity contribution is -0.145. The Balaban J connectivity index is 4.56. The van der Waals surface area contributed by atoms with Gasteiger partial charge in [-0.25, -0.2) is 4.79 Å². The van der Waals surface area contributed by atoms with Crippen LogP contribution < -0.4 is 5.32 Å². The first-order valence-electron chi connectivity index (χ1n) is 7.92. The van der Waals surface area contributed by atoms with E-state index in [1.54, 1.807) is 0 Å². The first-order chi connectivity index (χ1) is 9.90. The second kappa shape index (κ2) is 8.67. The third-order valence-corrected chi connectivity index (χ3v) is 8.63. The fourth-order valence-electron chi connectivity index (χ4n) is 1.66. The molecule has 0 radical (unpaired) electrons. The molecule has 0 unspecified atom stereocenters. The van der Waals surface area contributed by atoms with Gasteiger partial charge in [0.1, 0.15) is 6.04 Å². The van der Waals surface area contributed by atoms with Crippen LogP contribution in [0.25, 0.3) is 0 Å². The predicted molar refractivity (Wildman–Crippen MR) is 91.2 cm³/mol. The van der Waals surface area contributed by atoms with E-state index < -0.39 is 20.3 Å². The van der Waals surface area contributed by atoms with Crippen molar-refractivity contribution >= 4 is 20.2 Å². The van der Waals surface area contributed by atoms with Crippen LogP contribution in [0.2, 0.25) is 18.1 Å². The van der Waals surface area contributed by atoms with Crippen molar-refractivity contribution in [2.24, 2.45) is 5.92 Å². The maximum absolute atomic E-state index is 11.9. The topological polar surface area (TPSA) is 64.6 Å². The van der Waals surface area contributed by atoms with E-state index in [-0.39, 0.29) is 16.9 Å². The van der Waals surface area contributed by atoms with Crippen LogP contribution in [0.1, 0.15) is 47.5 Å². The highest BCUT2D eigenvalue weighted by Crippen LogP contribution is 2.36. The Hall–Kier alpha value is -0.883. The van der Waals surface area contributed by atoms with E-state index in [0.29, 0.717) is 19.4 Å². The summed E-state index contributed by atoms with van der Waals surface area (Å²) in [6.07, 6.45) is 0.833. The first-order valence-corrected chi connectivity index (χ1v) is 10.8. The van der Waals surface area contributed by atoms with E-state index in [1.165, 1.54) is 7.11 Å². The van der Waals surface area contributed by atoms with Gasteiger partial charge in [-0.1, -0.05) is 34.6 Å². The highest BCUT2D eigenvalue weighted by molar-refractivity contribution is 6.74. The van der Waals surface area contributed by atoms with Crippen LogP contribution >= 0.6 is 0 Å². The van der Waals surface area contributed by atoms with Gasteiger partial charge >= 0.3 is 5.97 Å². The summed E-state index contributed by atoms with van der Waals surface area (Å²) in [6, 6.07) is -0.638. The van der Waals surface area contributed by atoms with Gasteiger partial charge < -0.3 is 14.5 Å². The molecule has 130 valence electrons. The summed E-state index contributed by atoms with van der Waals surface area (Å²) in [5.41, 5.74) is 0. The molecule has 0 aliphatic rings. The average Bonchev–Trinajstić information content (AvgIpc) is 2.34. The van der Waals surface area contributed by atoms with Gasteiger partial charge in [-0.05, 0) is 24.1 Å². The molecule has 0 saturated heterocycles. The Morgan fingerprint density at radius 2 is 1.73 bits per heavy atom. The Labute approximate surface area is 136 Å². The lowest BCUT2D eigenvalue weighted by Gasteiger charge is -2.36. The molecule has 1 amide bonds. The van der Waals surface area contributed by atoms with Crippen molar-refractivity contribution in [1.29, 1.82) is 0 Å². The average molecular weight is 332 g/mol. The molecule has 0 rings (SSSR count). The summed E-state index contributed by atoms with van der Waals surface area (Å²) in [4.78, 5) is 23.7. The Morgan fingerprint density at radius 3 is 2.14 bits per heavy atom. The Kier molecular flexibility index (Phi) is 8.32. The SMILES string of the molecule is COC(=O)[C@@H](CCO[Si](C)(C)C(C)(C)C)NC(=O)CC(C)C. The molecule has 6 heteroatoms. The minimum Gasteiger partial charge on any atom is -0.467 e. The normalized spacial score (nSPS) is 13.9. The van der Waals surface area contributed by atoms with Crippen LogP contribution in [0.15, 0.2) is 0 Å². The largest absolute Gasteiger partial charge is 0.467 e. The van der Waals surface area contributed by atoms with Crippen molar-refractivity contribution in [2.75, 3.05) is 13.7 Å². The van der Waals surface area contributed by atoms with Crippen molar-refractivity contribution in [1.82, 2.24) is 5.32 Å². The van der Waals surface area contributed by atoms with Crippen LogP contribution in [0.3, 0.4) is 0 Å². The smallest absolute Gasteiger partial charge is 0.328 e. The van der Waals surface area contributed by atoms with Gasteiger partial charge in [0.15, 0.2) is 8.32 Å².